The molecule has 1 aromatic carbocycles. The first kappa shape index (κ1) is 16.0. The monoisotopic (exact) mass is 289 g/mol. The lowest BCUT2D eigenvalue weighted by molar-refractivity contribution is -0.146. The fourth-order valence-electron chi connectivity index (χ4n) is 2.84. The molecule has 0 aliphatic carbocycles. The van der Waals surface area contributed by atoms with Crippen molar-refractivity contribution in [1.82, 2.24) is 4.90 Å². The lowest BCUT2D eigenvalue weighted by Crippen LogP contribution is -2.35. The zero-order chi connectivity index (χ0) is 15.1. The molecule has 1 heterocycles. The van der Waals surface area contributed by atoms with Crippen LogP contribution < -0.4 is 0 Å². The van der Waals surface area contributed by atoms with E-state index in [-0.39, 0.29) is 12.0 Å². The van der Waals surface area contributed by atoms with Gasteiger partial charge in [0.15, 0.2) is 0 Å². The van der Waals surface area contributed by atoms with Crippen molar-refractivity contribution in [3.63, 3.8) is 0 Å². The highest BCUT2D eigenvalue weighted by molar-refractivity contribution is 5.70. The van der Waals surface area contributed by atoms with Crippen LogP contribution in [-0.2, 0) is 9.53 Å². The molecule has 0 saturated carbocycles. The summed E-state index contributed by atoms with van der Waals surface area (Å²) in [5, 5.41) is 0. The molecule has 3 nitrogen and oxygen atoms in total. The molecule has 0 bridgehead atoms. The first-order valence-corrected chi connectivity index (χ1v) is 8.11. The summed E-state index contributed by atoms with van der Waals surface area (Å²) in [6.07, 6.45) is 4.21. The Bertz CT molecular complexity index is 424. The molecule has 21 heavy (non-hydrogen) atoms. The summed E-state index contributed by atoms with van der Waals surface area (Å²) in [5.41, 5.74) is 1.22. The Kier molecular flexibility index (Phi) is 6.24. The van der Waals surface area contributed by atoms with Crippen molar-refractivity contribution < 1.29 is 9.53 Å². The Morgan fingerprint density at radius 3 is 2.43 bits per heavy atom. The topological polar surface area (TPSA) is 29.5 Å². The van der Waals surface area contributed by atoms with Crippen molar-refractivity contribution >= 4 is 5.97 Å². The van der Waals surface area contributed by atoms with Crippen LogP contribution in [-0.4, -0.2) is 30.6 Å². The molecule has 0 N–H and O–H groups in total. The fourth-order valence-corrected chi connectivity index (χ4v) is 2.84. The van der Waals surface area contributed by atoms with Gasteiger partial charge in [0, 0.05) is 6.04 Å². The first-order chi connectivity index (χ1) is 10.2. The minimum Gasteiger partial charge on any atom is -0.465 e. The number of hydrogen-bond donors (Lipinski definition) is 0. The zero-order valence-corrected chi connectivity index (χ0v) is 13.3. The van der Waals surface area contributed by atoms with Gasteiger partial charge in [0.05, 0.1) is 13.0 Å². The SMILES string of the molecule is CC(C)COC(=O)C[C@@H](c1ccccc1)N1CCCCC1. The van der Waals surface area contributed by atoms with Gasteiger partial charge in [-0.15, -0.1) is 0 Å². The number of esters is 1. The number of carbonyl (C=O) groups excluding carboxylic acids is 1. The second-order valence-electron chi connectivity index (χ2n) is 6.30. The van der Waals surface area contributed by atoms with Gasteiger partial charge >= 0.3 is 5.97 Å². The molecule has 116 valence electrons. The smallest absolute Gasteiger partial charge is 0.307 e. The molecule has 0 aromatic heterocycles. The molecule has 0 spiro atoms. The Balaban J connectivity index is 2.03. The molecular formula is C18H27NO2. The Hall–Kier alpha value is -1.35. The van der Waals surface area contributed by atoms with Crippen molar-refractivity contribution in [3.05, 3.63) is 35.9 Å². The second kappa shape index (κ2) is 8.18. The van der Waals surface area contributed by atoms with Gasteiger partial charge in [-0.1, -0.05) is 50.6 Å². The molecule has 2 rings (SSSR count). The van der Waals surface area contributed by atoms with E-state index in [1.54, 1.807) is 0 Å². The molecule has 0 unspecified atom stereocenters. The number of rotatable bonds is 6. The van der Waals surface area contributed by atoms with Crippen LogP contribution in [0.25, 0.3) is 0 Å². The van der Waals surface area contributed by atoms with Gasteiger partial charge in [-0.3, -0.25) is 9.69 Å². The van der Waals surface area contributed by atoms with Crippen LogP contribution in [0.1, 0.15) is 51.1 Å². The maximum absolute atomic E-state index is 12.1. The number of hydrogen-bond acceptors (Lipinski definition) is 3. The van der Waals surface area contributed by atoms with Crippen molar-refractivity contribution in [1.29, 1.82) is 0 Å². The molecule has 0 amide bonds. The summed E-state index contributed by atoms with van der Waals surface area (Å²) < 4.78 is 5.38. The molecule has 1 aliphatic heterocycles. The van der Waals surface area contributed by atoms with Crippen molar-refractivity contribution in [2.45, 2.75) is 45.6 Å². The first-order valence-electron chi connectivity index (χ1n) is 8.11. The average Bonchev–Trinajstić information content (AvgIpc) is 2.52. The molecule has 1 aliphatic rings. The van der Waals surface area contributed by atoms with E-state index in [2.05, 4.69) is 30.9 Å². The zero-order valence-electron chi connectivity index (χ0n) is 13.3. The molecule has 1 atom stereocenters. The number of carbonyl (C=O) groups is 1. The van der Waals surface area contributed by atoms with Crippen LogP contribution in [0.2, 0.25) is 0 Å². The molecule has 3 heteroatoms. The molecule has 0 radical (unpaired) electrons. The highest BCUT2D eigenvalue weighted by Gasteiger charge is 2.25. The normalized spacial score (nSPS) is 17.7. The van der Waals surface area contributed by atoms with Crippen LogP contribution in [0, 0.1) is 5.92 Å². The van der Waals surface area contributed by atoms with E-state index < -0.39 is 0 Å². The van der Waals surface area contributed by atoms with Crippen molar-refractivity contribution in [3.8, 4) is 0 Å². The van der Waals surface area contributed by atoms with Crippen LogP contribution in [0.4, 0.5) is 0 Å². The van der Waals surface area contributed by atoms with E-state index in [4.69, 9.17) is 4.74 Å². The fraction of sp³-hybridized carbons (Fsp3) is 0.611. The largest absolute Gasteiger partial charge is 0.465 e. The maximum atomic E-state index is 12.1. The third-order valence-electron chi connectivity index (χ3n) is 3.95. The number of nitrogens with zero attached hydrogens (tertiary/aromatic N) is 1. The van der Waals surface area contributed by atoms with Gasteiger partial charge in [0.25, 0.3) is 0 Å². The molecule has 1 aromatic rings. The van der Waals surface area contributed by atoms with E-state index in [1.807, 2.05) is 18.2 Å². The van der Waals surface area contributed by atoms with Crippen molar-refractivity contribution in [2.24, 2.45) is 5.92 Å². The van der Waals surface area contributed by atoms with Gasteiger partial charge in [-0.2, -0.15) is 0 Å². The van der Waals surface area contributed by atoms with Crippen molar-refractivity contribution in [2.75, 3.05) is 19.7 Å². The lowest BCUT2D eigenvalue weighted by Gasteiger charge is -2.34. The summed E-state index contributed by atoms with van der Waals surface area (Å²) in [4.78, 5) is 14.6. The van der Waals surface area contributed by atoms with Crippen LogP contribution >= 0.6 is 0 Å². The van der Waals surface area contributed by atoms with E-state index >= 15 is 0 Å². The predicted molar refractivity (Wildman–Crippen MR) is 85.0 cm³/mol. The lowest BCUT2D eigenvalue weighted by atomic mass is 9.99. The minimum absolute atomic E-state index is 0.0804. The summed E-state index contributed by atoms with van der Waals surface area (Å²) in [5.74, 6) is 0.308. The molecular weight excluding hydrogens is 262 g/mol. The van der Waals surface area contributed by atoms with Gasteiger partial charge < -0.3 is 4.74 Å². The summed E-state index contributed by atoms with van der Waals surface area (Å²) in [7, 11) is 0. The number of likely N-dealkylation sites (tertiary alicyclic amines) is 1. The predicted octanol–water partition coefficient (Wildman–Crippen LogP) is 3.80. The van der Waals surface area contributed by atoms with Crippen LogP contribution in [0.15, 0.2) is 30.3 Å². The standard InChI is InChI=1S/C18H27NO2/c1-15(2)14-21-18(20)13-17(16-9-5-3-6-10-16)19-11-7-4-8-12-19/h3,5-6,9-10,15,17H,4,7-8,11-14H2,1-2H3/t17-/m0/s1. The second-order valence-corrected chi connectivity index (χ2v) is 6.30. The summed E-state index contributed by atoms with van der Waals surface area (Å²) in [6.45, 7) is 6.80. The third-order valence-corrected chi connectivity index (χ3v) is 3.95. The Morgan fingerprint density at radius 1 is 1.14 bits per heavy atom. The Labute approximate surface area is 128 Å². The van der Waals surface area contributed by atoms with Gasteiger partial charge in [-0.25, -0.2) is 0 Å². The minimum atomic E-state index is -0.0804. The van der Waals surface area contributed by atoms with E-state index in [0.29, 0.717) is 18.9 Å². The quantitative estimate of drug-likeness (QED) is 0.746. The van der Waals surface area contributed by atoms with E-state index in [9.17, 15) is 4.79 Å². The number of benzene rings is 1. The highest BCUT2D eigenvalue weighted by Crippen LogP contribution is 2.27. The number of piperidine rings is 1. The molecule has 1 saturated heterocycles. The maximum Gasteiger partial charge on any atom is 0.307 e. The van der Waals surface area contributed by atoms with Gasteiger partial charge in [0.2, 0.25) is 0 Å². The highest BCUT2D eigenvalue weighted by atomic mass is 16.5. The Morgan fingerprint density at radius 2 is 1.81 bits per heavy atom. The van der Waals surface area contributed by atoms with E-state index in [1.165, 1.54) is 24.8 Å². The number of ether oxygens (including phenoxy) is 1. The summed E-state index contributed by atoms with van der Waals surface area (Å²) >= 11 is 0. The molecule has 1 fully saturated rings. The average molecular weight is 289 g/mol. The summed E-state index contributed by atoms with van der Waals surface area (Å²) in [6, 6.07) is 10.5. The van der Waals surface area contributed by atoms with Crippen LogP contribution in [0.5, 0.6) is 0 Å². The third kappa shape index (κ3) is 5.16. The van der Waals surface area contributed by atoms with Crippen LogP contribution in [0.3, 0.4) is 0 Å². The van der Waals surface area contributed by atoms with E-state index in [0.717, 1.165) is 13.1 Å². The van der Waals surface area contributed by atoms with Gasteiger partial charge in [-0.05, 0) is 37.4 Å². The van der Waals surface area contributed by atoms with Gasteiger partial charge in [0.1, 0.15) is 0 Å².